The van der Waals surface area contributed by atoms with E-state index in [9.17, 15) is 22.0 Å². The topological polar surface area (TPSA) is 114 Å². The fourth-order valence-electron chi connectivity index (χ4n) is 7.31. The first-order valence-electron chi connectivity index (χ1n) is 16.5. The van der Waals surface area contributed by atoms with Crippen LogP contribution in [0.2, 0.25) is 0 Å². The highest BCUT2D eigenvalue weighted by atomic mass is 32.2. The van der Waals surface area contributed by atoms with Gasteiger partial charge in [0, 0.05) is 50.2 Å². The average molecular weight is 715 g/mol. The van der Waals surface area contributed by atoms with Crippen molar-refractivity contribution in [2.75, 3.05) is 44.3 Å². The van der Waals surface area contributed by atoms with Crippen LogP contribution in [-0.4, -0.2) is 79.9 Å². The molecule has 6 aromatic rings. The van der Waals surface area contributed by atoms with E-state index >= 15 is 4.39 Å². The number of alkyl halides is 1. The molecule has 2 aromatic carbocycles. The maximum Gasteiger partial charge on any atom is 0.255 e. The van der Waals surface area contributed by atoms with Crippen LogP contribution in [0.3, 0.4) is 0 Å². The van der Waals surface area contributed by atoms with E-state index in [4.69, 9.17) is 9.40 Å². The minimum Gasteiger partial charge on any atom is -0.437 e. The molecule has 14 heteroatoms. The summed E-state index contributed by atoms with van der Waals surface area (Å²) in [4.78, 5) is 25.1. The predicted molar refractivity (Wildman–Crippen MR) is 189 cm³/mol. The number of anilines is 1. The summed E-state index contributed by atoms with van der Waals surface area (Å²) >= 11 is 0. The molecule has 51 heavy (non-hydrogen) atoms. The number of aromatic nitrogens is 3. The molecule has 2 aliphatic rings. The smallest absolute Gasteiger partial charge is 0.255 e. The van der Waals surface area contributed by atoms with Gasteiger partial charge in [0.1, 0.15) is 23.6 Å². The first-order chi connectivity index (χ1) is 24.4. The molecule has 10 nitrogen and oxygen atoms in total. The highest BCUT2D eigenvalue weighted by Gasteiger charge is 2.33. The second kappa shape index (κ2) is 12.2. The number of sulfonamides is 1. The van der Waals surface area contributed by atoms with Crippen LogP contribution in [0.15, 0.2) is 71.1 Å². The molecule has 1 N–H and O–H groups in total. The van der Waals surface area contributed by atoms with Crippen molar-refractivity contribution >= 4 is 43.8 Å². The number of amides is 1. The molecule has 0 saturated carbocycles. The van der Waals surface area contributed by atoms with E-state index in [2.05, 4.69) is 19.8 Å². The largest absolute Gasteiger partial charge is 0.437 e. The maximum atomic E-state index is 15.2. The van der Waals surface area contributed by atoms with Crippen LogP contribution in [0.1, 0.15) is 28.4 Å². The summed E-state index contributed by atoms with van der Waals surface area (Å²) in [6.45, 7) is 1.58. The molecule has 0 bridgehead atoms. The van der Waals surface area contributed by atoms with Gasteiger partial charge in [0.25, 0.3) is 5.91 Å². The van der Waals surface area contributed by atoms with Crippen LogP contribution in [0.5, 0.6) is 0 Å². The second-order valence-corrected chi connectivity index (χ2v) is 15.1. The Morgan fingerprint density at radius 3 is 2.55 bits per heavy atom. The molecular formula is C37H33F3N6O4S. The number of nitrogens with zero attached hydrogens (tertiary/aromatic N) is 5. The van der Waals surface area contributed by atoms with Crippen molar-refractivity contribution in [2.24, 2.45) is 0 Å². The first-order valence-corrected chi connectivity index (χ1v) is 18.3. The number of furan rings is 1. The van der Waals surface area contributed by atoms with E-state index in [1.807, 2.05) is 12.1 Å². The fraction of sp³-hybridized carbons (Fsp3) is 0.270. The molecular weight excluding hydrogens is 682 g/mol. The van der Waals surface area contributed by atoms with Crippen molar-refractivity contribution in [3.63, 3.8) is 0 Å². The number of hydrogen-bond acceptors (Lipinski definition) is 7. The third-order valence-corrected chi connectivity index (χ3v) is 11.0. The summed E-state index contributed by atoms with van der Waals surface area (Å²) in [6.07, 6.45) is 1.21. The van der Waals surface area contributed by atoms with Crippen LogP contribution >= 0.6 is 0 Å². The number of rotatable bonds is 7. The highest BCUT2D eigenvalue weighted by molar-refractivity contribution is 7.92. The van der Waals surface area contributed by atoms with Gasteiger partial charge in [-0.3, -0.25) is 14.0 Å². The van der Waals surface area contributed by atoms with E-state index in [1.54, 1.807) is 24.3 Å². The average Bonchev–Trinajstić information content (AvgIpc) is 3.82. The number of likely N-dealkylation sites (tertiary alicyclic amines) is 1. The third kappa shape index (κ3) is 5.62. The monoisotopic (exact) mass is 714 g/mol. The molecule has 1 saturated heterocycles. The van der Waals surface area contributed by atoms with Crippen molar-refractivity contribution in [3.05, 3.63) is 89.5 Å². The number of hydrogen-bond donors (Lipinski definition) is 1. The summed E-state index contributed by atoms with van der Waals surface area (Å²) in [6, 6.07) is 17.3. The molecule has 1 unspecified atom stereocenters. The number of fused-ring (bicyclic) bond motifs is 6. The van der Waals surface area contributed by atoms with E-state index in [-0.39, 0.29) is 34.7 Å². The lowest BCUT2D eigenvalue weighted by Gasteiger charge is -2.32. The van der Waals surface area contributed by atoms with Gasteiger partial charge >= 0.3 is 0 Å². The maximum absolute atomic E-state index is 15.2. The molecule has 1 fully saturated rings. The minimum absolute atomic E-state index is 0.00370. The number of carbonyl (C=O) groups is 1. The standard InChI is InChI=1S/C37H33F3N6O4S/c1-41-36(47)32-27-16-26(35(44(2)51(3,48)49)43-37(27)50-34(32)20-7-10-22(38)11-8-20)29-12-9-21-15-24(19-45-14-13-23(39)18-45)46-30-6-4-5-28(40)25(30)17-31(46)33(21)42-29/h4-12,16-17,23-24H,13-15,18-19H2,1-3H3,(H,41,47)/t23-,24?/m0/s1. The van der Waals surface area contributed by atoms with Gasteiger partial charge in [0.05, 0.1) is 45.8 Å². The Hall–Kier alpha value is -5.21. The zero-order valence-corrected chi connectivity index (χ0v) is 28.8. The van der Waals surface area contributed by atoms with Crippen LogP contribution < -0.4 is 9.62 Å². The molecule has 0 radical (unpaired) electrons. The Balaban J connectivity index is 1.33. The summed E-state index contributed by atoms with van der Waals surface area (Å²) in [7, 11) is -1.01. The number of halogens is 3. The second-order valence-electron chi connectivity index (χ2n) is 13.1. The Kier molecular flexibility index (Phi) is 7.91. The van der Waals surface area contributed by atoms with Gasteiger partial charge in [-0.2, -0.15) is 4.98 Å². The SMILES string of the molecule is CNC(=O)c1c(-c2ccc(F)cc2)oc2nc(N(C)S(C)(=O)=O)c(-c3ccc4c(n3)-c3cc5c(F)cccc5n3C(CN3CC[C@H](F)C3)C4)cc12. The molecule has 4 aromatic heterocycles. The zero-order chi connectivity index (χ0) is 35.8. The van der Waals surface area contributed by atoms with E-state index in [0.29, 0.717) is 77.0 Å². The van der Waals surface area contributed by atoms with Gasteiger partial charge in [0.2, 0.25) is 15.7 Å². The van der Waals surface area contributed by atoms with Crippen molar-refractivity contribution in [1.82, 2.24) is 24.8 Å². The summed E-state index contributed by atoms with van der Waals surface area (Å²) in [5.41, 5.74) is 4.08. The third-order valence-electron chi connectivity index (χ3n) is 9.85. The number of nitrogens with one attached hydrogen (secondary N) is 1. The summed E-state index contributed by atoms with van der Waals surface area (Å²) in [5, 5.41) is 3.35. The molecule has 1 amide bonds. The van der Waals surface area contributed by atoms with E-state index < -0.39 is 27.9 Å². The number of benzene rings is 2. The normalized spacial score (nSPS) is 17.5. The van der Waals surface area contributed by atoms with Gasteiger partial charge in [-0.25, -0.2) is 26.6 Å². The molecule has 0 spiro atoms. The lowest BCUT2D eigenvalue weighted by molar-refractivity contribution is 0.0964. The Bertz CT molecular complexity index is 2480. The lowest BCUT2D eigenvalue weighted by Crippen LogP contribution is -2.32. The van der Waals surface area contributed by atoms with Gasteiger partial charge in [0.15, 0.2) is 5.82 Å². The predicted octanol–water partition coefficient (Wildman–Crippen LogP) is 6.35. The van der Waals surface area contributed by atoms with Crippen molar-refractivity contribution in [3.8, 4) is 34.0 Å². The number of carbonyl (C=O) groups excluding carboxylic acids is 1. The van der Waals surface area contributed by atoms with Gasteiger partial charge < -0.3 is 14.3 Å². The van der Waals surface area contributed by atoms with Crippen LogP contribution in [0.25, 0.3) is 56.0 Å². The summed E-state index contributed by atoms with van der Waals surface area (Å²) < 4.78 is 78.3. The van der Waals surface area contributed by atoms with Crippen LogP contribution in [-0.2, 0) is 16.4 Å². The Morgan fingerprint density at radius 1 is 1.06 bits per heavy atom. The first kappa shape index (κ1) is 33.0. The molecule has 2 atom stereocenters. The summed E-state index contributed by atoms with van der Waals surface area (Å²) in [5.74, 6) is -1.19. The van der Waals surface area contributed by atoms with Gasteiger partial charge in [-0.1, -0.05) is 12.1 Å². The molecule has 6 heterocycles. The molecule has 8 rings (SSSR count). The van der Waals surface area contributed by atoms with Crippen LogP contribution in [0.4, 0.5) is 19.0 Å². The Labute approximate surface area is 291 Å². The fourth-order valence-corrected chi connectivity index (χ4v) is 7.76. The quantitative estimate of drug-likeness (QED) is 0.205. The molecule has 0 aliphatic carbocycles. The van der Waals surface area contributed by atoms with Gasteiger partial charge in [-0.05, 0) is 73.0 Å². The molecule has 262 valence electrons. The van der Waals surface area contributed by atoms with Crippen molar-refractivity contribution in [1.29, 1.82) is 0 Å². The van der Waals surface area contributed by atoms with Gasteiger partial charge in [-0.15, -0.1) is 0 Å². The van der Waals surface area contributed by atoms with E-state index in [0.717, 1.165) is 16.1 Å². The van der Waals surface area contributed by atoms with Crippen molar-refractivity contribution in [2.45, 2.75) is 25.1 Å². The van der Waals surface area contributed by atoms with Crippen LogP contribution in [0, 0.1) is 11.6 Å². The highest BCUT2D eigenvalue weighted by Crippen LogP contribution is 2.43. The minimum atomic E-state index is -3.84. The lowest BCUT2D eigenvalue weighted by atomic mass is 9.96. The zero-order valence-electron chi connectivity index (χ0n) is 28.0. The van der Waals surface area contributed by atoms with Crippen molar-refractivity contribution < 1.29 is 30.8 Å². The molecule has 2 aliphatic heterocycles. The Morgan fingerprint density at radius 2 is 1.84 bits per heavy atom. The van der Waals surface area contributed by atoms with E-state index in [1.165, 1.54) is 44.4 Å². The number of pyridine rings is 2.